The second-order valence-electron chi connectivity index (χ2n) is 4.46. The predicted molar refractivity (Wildman–Crippen MR) is 79.2 cm³/mol. The largest absolute Gasteiger partial charge is 0.480 e. The molecule has 3 N–H and O–H groups in total. The molecule has 0 aliphatic heterocycles. The smallest absolute Gasteiger partial charge is 0.323 e. The van der Waals surface area contributed by atoms with Crippen molar-refractivity contribution >= 4 is 17.7 Å². The van der Waals surface area contributed by atoms with Crippen molar-refractivity contribution < 1.29 is 9.90 Å². The van der Waals surface area contributed by atoms with Gasteiger partial charge in [0.05, 0.1) is 0 Å². The standard InChI is InChI=1S/C13H21N3O3S/c1-3-13(11(18)19,15-4-2)7-5-9-20-12-14-8-6-10(17)16-12/h6,8,15H,3-5,7,9H2,1-2H3,(H,18,19)(H,14,16,17). The second kappa shape index (κ2) is 8.06. The van der Waals surface area contributed by atoms with Crippen molar-refractivity contribution in [2.75, 3.05) is 12.3 Å². The van der Waals surface area contributed by atoms with Gasteiger partial charge in [0, 0.05) is 18.0 Å². The summed E-state index contributed by atoms with van der Waals surface area (Å²) in [5.74, 6) is -0.0917. The highest BCUT2D eigenvalue weighted by atomic mass is 32.2. The van der Waals surface area contributed by atoms with Gasteiger partial charge in [-0.05, 0) is 25.8 Å². The Morgan fingerprint density at radius 1 is 1.55 bits per heavy atom. The van der Waals surface area contributed by atoms with E-state index in [-0.39, 0.29) is 5.56 Å². The molecular formula is C13H21N3O3S. The summed E-state index contributed by atoms with van der Waals surface area (Å²) in [6.07, 6.45) is 3.29. The molecule has 0 aliphatic rings. The van der Waals surface area contributed by atoms with E-state index >= 15 is 0 Å². The van der Waals surface area contributed by atoms with Crippen LogP contribution in [-0.4, -0.2) is 38.9 Å². The molecule has 0 radical (unpaired) electrons. The van der Waals surface area contributed by atoms with Gasteiger partial charge in [0.25, 0.3) is 5.56 Å². The van der Waals surface area contributed by atoms with E-state index in [9.17, 15) is 14.7 Å². The Kier molecular flexibility index (Phi) is 6.74. The highest BCUT2D eigenvalue weighted by molar-refractivity contribution is 7.99. The Morgan fingerprint density at radius 2 is 2.30 bits per heavy atom. The lowest BCUT2D eigenvalue weighted by Gasteiger charge is -2.29. The topological polar surface area (TPSA) is 95.1 Å². The van der Waals surface area contributed by atoms with Gasteiger partial charge in [0.2, 0.25) is 0 Å². The van der Waals surface area contributed by atoms with Crippen LogP contribution in [0.25, 0.3) is 0 Å². The predicted octanol–water partition coefficient (Wildman–Crippen LogP) is 1.49. The van der Waals surface area contributed by atoms with Crippen LogP contribution in [0.4, 0.5) is 0 Å². The molecule has 0 aliphatic carbocycles. The van der Waals surface area contributed by atoms with Crippen LogP contribution >= 0.6 is 11.8 Å². The van der Waals surface area contributed by atoms with E-state index in [0.29, 0.717) is 30.3 Å². The summed E-state index contributed by atoms with van der Waals surface area (Å²) in [5.41, 5.74) is -1.03. The van der Waals surface area contributed by atoms with Gasteiger partial charge in [-0.3, -0.25) is 9.59 Å². The molecule has 20 heavy (non-hydrogen) atoms. The quantitative estimate of drug-likeness (QED) is 0.363. The Morgan fingerprint density at radius 3 is 2.85 bits per heavy atom. The molecule has 0 spiro atoms. The van der Waals surface area contributed by atoms with E-state index in [0.717, 1.165) is 6.42 Å². The van der Waals surface area contributed by atoms with E-state index in [1.54, 1.807) is 0 Å². The molecule has 112 valence electrons. The van der Waals surface area contributed by atoms with Crippen molar-refractivity contribution in [2.24, 2.45) is 0 Å². The minimum Gasteiger partial charge on any atom is -0.480 e. The molecule has 1 aromatic heterocycles. The zero-order valence-electron chi connectivity index (χ0n) is 11.8. The van der Waals surface area contributed by atoms with Crippen molar-refractivity contribution in [1.82, 2.24) is 15.3 Å². The highest BCUT2D eigenvalue weighted by Crippen LogP contribution is 2.21. The molecule has 1 rings (SSSR count). The number of aromatic amines is 1. The third kappa shape index (κ3) is 4.64. The molecular weight excluding hydrogens is 278 g/mol. The summed E-state index contributed by atoms with van der Waals surface area (Å²) in [7, 11) is 0. The van der Waals surface area contributed by atoms with Crippen molar-refractivity contribution in [2.45, 2.75) is 43.8 Å². The minimum atomic E-state index is -0.854. The van der Waals surface area contributed by atoms with Gasteiger partial charge in [0.15, 0.2) is 5.16 Å². The maximum absolute atomic E-state index is 11.4. The summed E-state index contributed by atoms with van der Waals surface area (Å²) in [5, 5.41) is 13.0. The Balaban J connectivity index is 2.49. The number of hydrogen-bond acceptors (Lipinski definition) is 5. The number of aromatic nitrogens is 2. The molecule has 1 unspecified atom stereocenters. The maximum atomic E-state index is 11.4. The number of H-pyrrole nitrogens is 1. The van der Waals surface area contributed by atoms with Crippen LogP contribution in [0.3, 0.4) is 0 Å². The number of carbonyl (C=O) groups is 1. The normalized spacial score (nSPS) is 13.9. The molecule has 6 nitrogen and oxygen atoms in total. The van der Waals surface area contributed by atoms with Crippen LogP contribution in [0.5, 0.6) is 0 Å². The van der Waals surface area contributed by atoms with Crippen molar-refractivity contribution in [1.29, 1.82) is 0 Å². The summed E-state index contributed by atoms with van der Waals surface area (Å²) in [4.78, 5) is 29.2. The molecule has 0 fully saturated rings. The summed E-state index contributed by atoms with van der Waals surface area (Å²) < 4.78 is 0. The van der Waals surface area contributed by atoms with Crippen LogP contribution < -0.4 is 10.9 Å². The van der Waals surface area contributed by atoms with E-state index in [2.05, 4.69) is 15.3 Å². The summed E-state index contributed by atoms with van der Waals surface area (Å²) >= 11 is 1.43. The number of rotatable bonds is 9. The number of nitrogens with one attached hydrogen (secondary N) is 2. The van der Waals surface area contributed by atoms with Crippen LogP contribution in [0.15, 0.2) is 22.2 Å². The number of thioether (sulfide) groups is 1. The second-order valence-corrected chi connectivity index (χ2v) is 5.55. The lowest BCUT2D eigenvalue weighted by atomic mass is 9.91. The van der Waals surface area contributed by atoms with Crippen LogP contribution in [0.1, 0.15) is 33.1 Å². The maximum Gasteiger partial charge on any atom is 0.323 e. The van der Waals surface area contributed by atoms with Gasteiger partial charge >= 0.3 is 5.97 Å². The third-order valence-electron chi connectivity index (χ3n) is 3.16. The Labute approximate surface area is 122 Å². The van der Waals surface area contributed by atoms with E-state index in [1.807, 2.05) is 13.8 Å². The number of carboxylic acid groups (broad SMARTS) is 1. The van der Waals surface area contributed by atoms with Gasteiger partial charge in [-0.1, -0.05) is 25.6 Å². The molecule has 0 aromatic carbocycles. The summed E-state index contributed by atoms with van der Waals surface area (Å²) in [6.45, 7) is 4.40. The monoisotopic (exact) mass is 299 g/mol. The fraction of sp³-hybridized carbons (Fsp3) is 0.615. The van der Waals surface area contributed by atoms with Crippen LogP contribution in [0, 0.1) is 0 Å². The average Bonchev–Trinajstić information content (AvgIpc) is 2.42. The number of aliphatic carboxylic acids is 1. The van der Waals surface area contributed by atoms with Crippen molar-refractivity contribution in [3.8, 4) is 0 Å². The molecule has 0 bridgehead atoms. The zero-order valence-corrected chi connectivity index (χ0v) is 12.6. The number of hydrogen-bond donors (Lipinski definition) is 3. The van der Waals surface area contributed by atoms with E-state index in [1.165, 1.54) is 24.0 Å². The third-order valence-corrected chi connectivity index (χ3v) is 4.14. The van der Waals surface area contributed by atoms with Crippen LogP contribution in [-0.2, 0) is 4.79 Å². The Bertz CT molecular complexity index is 492. The molecule has 0 saturated heterocycles. The molecule has 1 atom stereocenters. The van der Waals surface area contributed by atoms with Gasteiger partial charge in [-0.15, -0.1) is 0 Å². The van der Waals surface area contributed by atoms with E-state index < -0.39 is 11.5 Å². The first-order chi connectivity index (χ1) is 9.54. The molecule has 1 aromatic rings. The van der Waals surface area contributed by atoms with E-state index in [4.69, 9.17) is 0 Å². The number of likely N-dealkylation sites (N-methyl/N-ethyl adjacent to an activating group) is 1. The van der Waals surface area contributed by atoms with Crippen LogP contribution in [0.2, 0.25) is 0 Å². The van der Waals surface area contributed by atoms with Gasteiger partial charge in [0.1, 0.15) is 5.54 Å². The van der Waals surface area contributed by atoms with Gasteiger partial charge < -0.3 is 15.4 Å². The first-order valence-corrected chi connectivity index (χ1v) is 7.69. The minimum absolute atomic E-state index is 0.177. The fourth-order valence-corrected chi connectivity index (χ4v) is 2.82. The SMILES string of the molecule is CCNC(CC)(CCCSc1nccc(=O)[nH]1)C(=O)O. The lowest BCUT2D eigenvalue weighted by Crippen LogP contribution is -2.51. The molecule has 7 heteroatoms. The lowest BCUT2D eigenvalue weighted by molar-refractivity contribution is -0.145. The first kappa shape index (κ1) is 16.7. The number of nitrogens with zero attached hydrogens (tertiary/aromatic N) is 1. The van der Waals surface area contributed by atoms with Gasteiger partial charge in [-0.25, -0.2) is 4.98 Å². The molecule has 0 saturated carbocycles. The molecule has 1 heterocycles. The Hall–Kier alpha value is -1.34. The highest BCUT2D eigenvalue weighted by Gasteiger charge is 2.34. The first-order valence-electron chi connectivity index (χ1n) is 6.70. The fourth-order valence-electron chi connectivity index (χ4n) is 2.03. The number of carboxylic acids is 1. The summed E-state index contributed by atoms with van der Waals surface area (Å²) in [6, 6.07) is 1.36. The van der Waals surface area contributed by atoms with Crippen molar-refractivity contribution in [3.63, 3.8) is 0 Å². The average molecular weight is 299 g/mol. The van der Waals surface area contributed by atoms with Gasteiger partial charge in [-0.2, -0.15) is 0 Å². The zero-order chi connectivity index (χ0) is 15.0. The molecule has 0 amide bonds. The van der Waals surface area contributed by atoms with Crippen molar-refractivity contribution in [3.05, 3.63) is 22.6 Å².